The summed E-state index contributed by atoms with van der Waals surface area (Å²) in [5, 5.41) is 0. The maximum Gasteiger partial charge on any atom is 0.168 e. The van der Waals surface area contributed by atoms with Crippen molar-refractivity contribution in [2.75, 3.05) is 13.7 Å². The van der Waals surface area contributed by atoms with Crippen molar-refractivity contribution in [1.29, 1.82) is 0 Å². The minimum Gasteiger partial charge on any atom is -0.377 e. The summed E-state index contributed by atoms with van der Waals surface area (Å²) in [5.74, 6) is 0.0764. The molecule has 64 valence electrons. The van der Waals surface area contributed by atoms with Crippen molar-refractivity contribution in [3.8, 4) is 0 Å². The Labute approximate surface area is 68.2 Å². The minimum atomic E-state index is -0.448. The first-order chi connectivity index (χ1) is 4.92. The van der Waals surface area contributed by atoms with Gasteiger partial charge in [-0.3, -0.25) is 4.79 Å². The predicted molar refractivity (Wildman–Crippen MR) is 45.5 cm³/mol. The first-order valence-electron chi connectivity index (χ1n) is 3.61. The van der Waals surface area contributed by atoms with Gasteiger partial charge in [-0.15, -0.1) is 0 Å². The summed E-state index contributed by atoms with van der Waals surface area (Å²) in [6.07, 6.45) is 0. The maximum absolute atomic E-state index is 11.3. The molecule has 0 spiro atoms. The molecule has 0 saturated carbocycles. The molecule has 0 rings (SSSR count). The van der Waals surface area contributed by atoms with Crippen LogP contribution < -0.4 is 0 Å². The Morgan fingerprint density at radius 3 is 2.27 bits per heavy atom. The highest BCUT2D eigenvalue weighted by atomic mass is 16.5. The third-order valence-electron chi connectivity index (χ3n) is 2.04. The molecule has 0 aliphatic heterocycles. The zero-order valence-corrected chi connectivity index (χ0v) is 7.73. The van der Waals surface area contributed by atoms with Gasteiger partial charge in [-0.1, -0.05) is 12.2 Å². The molecule has 0 fully saturated rings. The fourth-order valence-corrected chi connectivity index (χ4v) is 0.550. The Bertz CT molecular complexity index is 168. The van der Waals surface area contributed by atoms with Gasteiger partial charge in [0, 0.05) is 12.5 Å². The van der Waals surface area contributed by atoms with Crippen LogP contribution in [0.3, 0.4) is 0 Å². The summed E-state index contributed by atoms with van der Waals surface area (Å²) < 4.78 is 4.75. The number of hydrogen-bond donors (Lipinski definition) is 0. The zero-order chi connectivity index (χ0) is 9.07. The highest BCUT2D eigenvalue weighted by molar-refractivity contribution is 5.87. The Balaban J connectivity index is 4.30. The summed E-state index contributed by atoms with van der Waals surface area (Å²) >= 11 is 0. The van der Waals surface area contributed by atoms with Crippen LogP contribution in [0.1, 0.15) is 20.8 Å². The van der Waals surface area contributed by atoms with Gasteiger partial charge in [-0.25, -0.2) is 0 Å². The van der Waals surface area contributed by atoms with Gasteiger partial charge < -0.3 is 4.74 Å². The molecule has 0 saturated heterocycles. The molecule has 0 heterocycles. The molecule has 0 aliphatic carbocycles. The van der Waals surface area contributed by atoms with Gasteiger partial charge in [0.2, 0.25) is 0 Å². The maximum atomic E-state index is 11.3. The van der Waals surface area contributed by atoms with Crippen molar-refractivity contribution in [3.63, 3.8) is 0 Å². The predicted octanol–water partition coefficient (Wildman–Crippen LogP) is 1.80. The smallest absolute Gasteiger partial charge is 0.168 e. The average molecular weight is 156 g/mol. The fourth-order valence-electron chi connectivity index (χ4n) is 0.550. The van der Waals surface area contributed by atoms with Gasteiger partial charge in [-0.05, 0) is 20.8 Å². The number of rotatable bonds is 4. The summed E-state index contributed by atoms with van der Waals surface area (Å²) in [4.78, 5) is 11.3. The van der Waals surface area contributed by atoms with Crippen molar-refractivity contribution < 1.29 is 9.53 Å². The topological polar surface area (TPSA) is 26.3 Å². The standard InChI is InChI=1S/C9H16O2/c1-7(2)9(3,4)8(10)6-11-5/h1,6H2,2-5H3. The molecule has 2 heteroatoms. The molecule has 0 aliphatic rings. The summed E-state index contributed by atoms with van der Waals surface area (Å²) in [6.45, 7) is 9.49. The van der Waals surface area contributed by atoms with E-state index < -0.39 is 5.41 Å². The number of allylic oxidation sites excluding steroid dienone is 1. The molecule has 0 aromatic rings. The number of Topliss-reactive ketones (excluding diaryl/α,β-unsaturated/α-hetero) is 1. The normalized spacial score (nSPS) is 11.3. The summed E-state index contributed by atoms with van der Waals surface area (Å²) in [6, 6.07) is 0. The number of ether oxygens (including phenoxy) is 1. The van der Waals surface area contributed by atoms with Crippen LogP contribution in [0.5, 0.6) is 0 Å². The monoisotopic (exact) mass is 156 g/mol. The van der Waals surface area contributed by atoms with E-state index in [4.69, 9.17) is 4.74 Å². The van der Waals surface area contributed by atoms with Crippen molar-refractivity contribution in [2.24, 2.45) is 5.41 Å². The van der Waals surface area contributed by atoms with Gasteiger partial charge in [0.05, 0.1) is 0 Å². The Morgan fingerprint density at radius 2 is 2.00 bits per heavy atom. The third-order valence-corrected chi connectivity index (χ3v) is 2.04. The van der Waals surface area contributed by atoms with E-state index >= 15 is 0 Å². The molecule has 0 aromatic heterocycles. The highest BCUT2D eigenvalue weighted by Crippen LogP contribution is 2.25. The number of methoxy groups -OCH3 is 1. The quantitative estimate of drug-likeness (QED) is 0.580. The van der Waals surface area contributed by atoms with E-state index in [1.807, 2.05) is 20.8 Å². The lowest BCUT2D eigenvalue weighted by molar-refractivity contribution is -0.129. The lowest BCUT2D eigenvalue weighted by Crippen LogP contribution is -2.28. The molecule has 2 nitrogen and oxygen atoms in total. The van der Waals surface area contributed by atoms with Crippen LogP contribution in [-0.4, -0.2) is 19.5 Å². The second-order valence-corrected chi connectivity index (χ2v) is 3.26. The molecule has 0 unspecified atom stereocenters. The van der Waals surface area contributed by atoms with Gasteiger partial charge in [0.1, 0.15) is 6.61 Å². The van der Waals surface area contributed by atoms with Gasteiger partial charge in [-0.2, -0.15) is 0 Å². The number of carbonyl (C=O) groups excluding carboxylic acids is 1. The molecule has 0 bridgehead atoms. The second-order valence-electron chi connectivity index (χ2n) is 3.26. The van der Waals surface area contributed by atoms with Crippen molar-refractivity contribution in [2.45, 2.75) is 20.8 Å². The lowest BCUT2D eigenvalue weighted by atomic mass is 9.82. The molecule has 0 radical (unpaired) electrons. The first kappa shape index (κ1) is 10.4. The highest BCUT2D eigenvalue weighted by Gasteiger charge is 2.27. The molecular formula is C9H16O2. The van der Waals surface area contributed by atoms with Gasteiger partial charge in [0.25, 0.3) is 0 Å². The third kappa shape index (κ3) is 2.46. The van der Waals surface area contributed by atoms with E-state index in [1.54, 1.807) is 0 Å². The van der Waals surface area contributed by atoms with Crippen LogP contribution in [0, 0.1) is 5.41 Å². The van der Waals surface area contributed by atoms with Gasteiger partial charge >= 0.3 is 0 Å². The largest absolute Gasteiger partial charge is 0.377 e. The average Bonchev–Trinajstić information content (AvgIpc) is 1.88. The van der Waals surface area contributed by atoms with Crippen LogP contribution in [0.4, 0.5) is 0 Å². The minimum absolute atomic E-state index is 0.0764. The zero-order valence-electron chi connectivity index (χ0n) is 7.73. The number of ketones is 1. The molecule has 0 atom stereocenters. The van der Waals surface area contributed by atoms with Crippen LogP contribution in [0.25, 0.3) is 0 Å². The molecular weight excluding hydrogens is 140 g/mol. The van der Waals surface area contributed by atoms with E-state index in [0.717, 1.165) is 5.57 Å². The van der Waals surface area contributed by atoms with Crippen LogP contribution in [0.15, 0.2) is 12.2 Å². The van der Waals surface area contributed by atoms with Crippen molar-refractivity contribution in [1.82, 2.24) is 0 Å². The summed E-state index contributed by atoms with van der Waals surface area (Å²) in [7, 11) is 1.52. The van der Waals surface area contributed by atoms with E-state index in [-0.39, 0.29) is 12.4 Å². The van der Waals surface area contributed by atoms with E-state index in [9.17, 15) is 4.79 Å². The van der Waals surface area contributed by atoms with Gasteiger partial charge in [0.15, 0.2) is 5.78 Å². The Hall–Kier alpha value is -0.630. The second kappa shape index (κ2) is 3.67. The molecule has 0 N–H and O–H groups in total. The van der Waals surface area contributed by atoms with E-state index in [2.05, 4.69) is 6.58 Å². The SMILES string of the molecule is C=C(C)C(C)(C)C(=O)COC. The van der Waals surface area contributed by atoms with E-state index in [1.165, 1.54) is 7.11 Å². The van der Waals surface area contributed by atoms with Crippen molar-refractivity contribution >= 4 is 5.78 Å². The Morgan fingerprint density at radius 1 is 1.55 bits per heavy atom. The lowest BCUT2D eigenvalue weighted by Gasteiger charge is -2.22. The summed E-state index contributed by atoms with van der Waals surface area (Å²) in [5.41, 5.74) is 0.426. The number of carbonyl (C=O) groups is 1. The molecule has 11 heavy (non-hydrogen) atoms. The molecule has 0 amide bonds. The molecule has 0 aromatic carbocycles. The van der Waals surface area contributed by atoms with E-state index in [0.29, 0.717) is 0 Å². The fraction of sp³-hybridized carbons (Fsp3) is 0.667. The van der Waals surface area contributed by atoms with Crippen LogP contribution >= 0.6 is 0 Å². The Kier molecular flexibility index (Phi) is 3.46. The number of hydrogen-bond acceptors (Lipinski definition) is 2. The van der Waals surface area contributed by atoms with Crippen LogP contribution in [0.2, 0.25) is 0 Å². The van der Waals surface area contributed by atoms with Crippen LogP contribution in [-0.2, 0) is 9.53 Å². The first-order valence-corrected chi connectivity index (χ1v) is 3.61. The van der Waals surface area contributed by atoms with Crippen molar-refractivity contribution in [3.05, 3.63) is 12.2 Å².